The summed E-state index contributed by atoms with van der Waals surface area (Å²) in [5, 5.41) is 34.2. The van der Waals surface area contributed by atoms with Gasteiger partial charge < -0.3 is 34.6 Å². The highest BCUT2D eigenvalue weighted by Crippen LogP contribution is 2.20. The molecule has 260 valence electrons. The number of aliphatic carboxylic acids is 3. The lowest BCUT2D eigenvalue weighted by molar-refractivity contribution is -0.147. The van der Waals surface area contributed by atoms with Gasteiger partial charge in [-0.3, -0.25) is 19.2 Å². The summed E-state index contributed by atoms with van der Waals surface area (Å²) in [6.45, 7) is 15.4. The number of esters is 3. The molecule has 0 aromatic rings. The fourth-order valence-corrected chi connectivity index (χ4v) is 3.91. The number of carbonyl (C=O) groups excluding carboxylic acids is 3. The third kappa shape index (κ3) is 38.2. The van der Waals surface area contributed by atoms with Crippen molar-refractivity contribution in [2.45, 2.75) is 91.9 Å². The van der Waals surface area contributed by atoms with Crippen molar-refractivity contribution in [3.05, 3.63) is 25.3 Å². The number of aliphatic hydroxyl groups is 1. The van der Waals surface area contributed by atoms with Gasteiger partial charge in [-0.1, -0.05) is 40.9 Å². The fourth-order valence-electron chi connectivity index (χ4n) is 3.91. The molecule has 0 aliphatic heterocycles. The predicted octanol–water partition coefficient (Wildman–Crippen LogP) is 4.65. The van der Waals surface area contributed by atoms with Gasteiger partial charge in [0.1, 0.15) is 0 Å². The zero-order valence-corrected chi connectivity index (χ0v) is 27.2. The Morgan fingerprint density at radius 2 is 0.911 bits per heavy atom. The lowest BCUT2D eigenvalue weighted by Crippen LogP contribution is -2.17. The molecule has 1 unspecified atom stereocenters. The molecule has 0 spiro atoms. The molecule has 0 saturated heterocycles. The van der Waals surface area contributed by atoms with Crippen LogP contribution in [0.1, 0.15) is 91.9 Å². The van der Waals surface area contributed by atoms with Gasteiger partial charge in [0.15, 0.2) is 0 Å². The number of hydrogen-bond acceptors (Lipinski definition) is 10. The van der Waals surface area contributed by atoms with Gasteiger partial charge in [0.25, 0.3) is 0 Å². The minimum Gasteiger partial charge on any atom is -0.481 e. The molecule has 1 atom stereocenters. The average Bonchev–Trinajstić information content (AvgIpc) is 2.91. The van der Waals surface area contributed by atoms with E-state index in [2.05, 4.69) is 17.9 Å². The first-order chi connectivity index (χ1) is 21.1. The van der Waals surface area contributed by atoms with Gasteiger partial charge in [-0.25, -0.2) is 9.59 Å². The third-order valence-corrected chi connectivity index (χ3v) is 5.63. The van der Waals surface area contributed by atoms with E-state index < -0.39 is 29.8 Å². The number of aliphatic hydroxyl groups excluding tert-OH is 1. The molecular formula is C32H54O13. The first-order valence-electron chi connectivity index (χ1n) is 15.1. The molecule has 0 aromatic carbocycles. The number of rotatable bonds is 23. The summed E-state index contributed by atoms with van der Waals surface area (Å²) in [5.41, 5.74) is 0. The van der Waals surface area contributed by atoms with E-state index >= 15 is 0 Å². The monoisotopic (exact) mass is 646 g/mol. The van der Waals surface area contributed by atoms with Crippen LogP contribution in [0, 0.1) is 23.7 Å². The molecule has 0 aromatic heterocycles. The van der Waals surface area contributed by atoms with Crippen LogP contribution in [0.25, 0.3) is 0 Å². The number of carbonyl (C=O) groups is 6. The van der Waals surface area contributed by atoms with Crippen LogP contribution in [0.3, 0.4) is 0 Å². The summed E-state index contributed by atoms with van der Waals surface area (Å²) >= 11 is 0. The Morgan fingerprint density at radius 3 is 1.22 bits per heavy atom. The first-order valence-corrected chi connectivity index (χ1v) is 15.1. The second-order valence-corrected chi connectivity index (χ2v) is 11.1. The Hall–Kier alpha value is -3.74. The van der Waals surface area contributed by atoms with Crippen LogP contribution in [0.5, 0.6) is 0 Å². The average molecular weight is 647 g/mol. The Labute approximate surface area is 266 Å². The summed E-state index contributed by atoms with van der Waals surface area (Å²) in [5.74, 6) is -3.77. The summed E-state index contributed by atoms with van der Waals surface area (Å²) in [6.07, 6.45) is 6.10. The largest absolute Gasteiger partial charge is 0.481 e. The van der Waals surface area contributed by atoms with Crippen LogP contribution in [-0.4, -0.2) is 82.7 Å². The van der Waals surface area contributed by atoms with Crippen LogP contribution < -0.4 is 0 Å². The van der Waals surface area contributed by atoms with Crippen molar-refractivity contribution in [1.29, 1.82) is 0 Å². The second kappa shape index (κ2) is 30.3. The van der Waals surface area contributed by atoms with Crippen molar-refractivity contribution in [3.8, 4) is 0 Å². The molecule has 0 aliphatic carbocycles. The molecule has 13 heteroatoms. The highest BCUT2D eigenvalue weighted by Gasteiger charge is 2.20. The molecule has 45 heavy (non-hydrogen) atoms. The smallest absolute Gasteiger partial charge is 0.330 e. The number of hydrogen-bond donors (Lipinski definition) is 4. The SMILES string of the molecule is C=CC(=O)OCCCCO.C=CC(=O)OCCCCOC(=O)CC(CC(=O)O)CC(C)C.CC(C)CC(CC(=O)O)CC(=O)O. The lowest BCUT2D eigenvalue weighted by Gasteiger charge is -2.16. The highest BCUT2D eigenvalue weighted by molar-refractivity contribution is 5.81. The second-order valence-electron chi connectivity index (χ2n) is 11.1. The molecule has 4 N–H and O–H groups in total. The number of carboxylic acids is 3. The van der Waals surface area contributed by atoms with E-state index in [1.807, 2.05) is 27.7 Å². The van der Waals surface area contributed by atoms with Crippen molar-refractivity contribution >= 4 is 35.8 Å². The third-order valence-electron chi connectivity index (χ3n) is 5.63. The maximum absolute atomic E-state index is 11.7. The maximum atomic E-state index is 11.7. The van der Waals surface area contributed by atoms with Crippen molar-refractivity contribution in [1.82, 2.24) is 0 Å². The van der Waals surface area contributed by atoms with Crippen molar-refractivity contribution < 1.29 is 63.4 Å². The van der Waals surface area contributed by atoms with Gasteiger partial charge in [0.05, 0.1) is 19.8 Å². The van der Waals surface area contributed by atoms with Crippen LogP contribution in [0.2, 0.25) is 0 Å². The summed E-state index contributed by atoms with van der Waals surface area (Å²) < 4.78 is 14.5. The molecule has 0 aliphatic rings. The maximum Gasteiger partial charge on any atom is 0.330 e. The molecule has 0 heterocycles. The topological polar surface area (TPSA) is 211 Å². The van der Waals surface area contributed by atoms with Crippen LogP contribution >= 0.6 is 0 Å². The molecule has 0 rings (SSSR count). The Bertz CT molecular complexity index is 864. The quantitative estimate of drug-likeness (QED) is 0.0516. The molecule has 0 radical (unpaired) electrons. The van der Waals surface area contributed by atoms with Crippen molar-refractivity contribution in [2.75, 3.05) is 26.4 Å². The molecule has 0 fully saturated rings. The van der Waals surface area contributed by atoms with Crippen LogP contribution in [0.4, 0.5) is 0 Å². The molecule has 0 bridgehead atoms. The molecule has 0 amide bonds. The van der Waals surface area contributed by atoms with E-state index in [4.69, 9.17) is 29.9 Å². The van der Waals surface area contributed by atoms with Crippen molar-refractivity contribution in [2.24, 2.45) is 23.7 Å². The fraction of sp³-hybridized carbons (Fsp3) is 0.688. The van der Waals surface area contributed by atoms with E-state index in [1.54, 1.807) is 0 Å². The Kier molecular flexibility index (Phi) is 30.8. The number of ether oxygens (including phenoxy) is 3. The van der Waals surface area contributed by atoms with Crippen molar-refractivity contribution in [3.63, 3.8) is 0 Å². The Balaban J connectivity index is -0.000000649. The predicted molar refractivity (Wildman–Crippen MR) is 166 cm³/mol. The normalized spacial score (nSPS) is 10.8. The zero-order chi connectivity index (χ0) is 35.2. The van der Waals surface area contributed by atoms with Gasteiger partial charge >= 0.3 is 35.8 Å². The minimum atomic E-state index is -0.924. The standard InChI is InChI=1S/C16H26O6.C9H16O4.C7H12O3/c1-4-15(19)21-7-5-6-8-22-16(20)11-13(9-12(2)3)10-14(17)18;1-6(2)3-7(4-8(10)11)5-9(12)13;1-2-7(9)10-6-4-3-5-8/h4,12-13H,1,5-11H2,2-3H3,(H,17,18);6-7H,3-5H2,1-2H3,(H,10,11)(H,12,13);2,8H,1,3-6H2. The summed E-state index contributed by atoms with van der Waals surface area (Å²) in [4.78, 5) is 64.4. The van der Waals surface area contributed by atoms with E-state index in [-0.39, 0.29) is 63.3 Å². The van der Waals surface area contributed by atoms with E-state index in [0.717, 1.165) is 12.2 Å². The summed E-state index contributed by atoms with van der Waals surface area (Å²) in [7, 11) is 0. The number of carboxylic acid groups (broad SMARTS) is 3. The minimum absolute atomic E-state index is 0.0230. The summed E-state index contributed by atoms with van der Waals surface area (Å²) in [6, 6.07) is 0. The zero-order valence-electron chi connectivity index (χ0n) is 27.2. The highest BCUT2D eigenvalue weighted by atomic mass is 16.5. The van der Waals surface area contributed by atoms with E-state index in [9.17, 15) is 28.8 Å². The van der Waals surface area contributed by atoms with Crippen LogP contribution in [-0.2, 0) is 43.0 Å². The van der Waals surface area contributed by atoms with Gasteiger partial charge in [-0.15, -0.1) is 0 Å². The van der Waals surface area contributed by atoms with Crippen LogP contribution in [0.15, 0.2) is 25.3 Å². The van der Waals surface area contributed by atoms with Gasteiger partial charge in [-0.05, 0) is 62.2 Å². The van der Waals surface area contributed by atoms with E-state index in [0.29, 0.717) is 57.0 Å². The molecule has 13 nitrogen and oxygen atoms in total. The van der Waals surface area contributed by atoms with E-state index in [1.165, 1.54) is 0 Å². The first kappa shape index (κ1) is 45.7. The lowest BCUT2D eigenvalue weighted by atomic mass is 9.91. The molecular weight excluding hydrogens is 592 g/mol. The Morgan fingerprint density at radius 1 is 0.578 bits per heavy atom. The van der Waals surface area contributed by atoms with Gasteiger partial charge in [0.2, 0.25) is 0 Å². The number of unbranched alkanes of at least 4 members (excludes halogenated alkanes) is 2. The van der Waals surface area contributed by atoms with Gasteiger partial charge in [-0.2, -0.15) is 0 Å². The molecule has 0 saturated carbocycles. The van der Waals surface area contributed by atoms with Gasteiger partial charge in [0, 0.05) is 44.4 Å².